The standard InChI is InChI=1S/C19H14N2O6S/c1-21-19(18(20)24,13-10-27-14-8-4-2-6-11(14)16(13)22)17(23)12-7-3-5-9-15(12)28(21,25)26/h2-10H,1H3,(H2,20,24). The molecule has 0 fully saturated rings. The van der Waals surface area contributed by atoms with E-state index in [1.807, 2.05) is 0 Å². The van der Waals surface area contributed by atoms with Gasteiger partial charge in [-0.05, 0) is 24.3 Å². The highest BCUT2D eigenvalue weighted by atomic mass is 32.2. The number of Topliss-reactive ketones (excluding diaryl/α,β-unsaturated/α-hetero) is 1. The molecule has 28 heavy (non-hydrogen) atoms. The van der Waals surface area contributed by atoms with Gasteiger partial charge in [-0.3, -0.25) is 14.4 Å². The van der Waals surface area contributed by atoms with Crippen LogP contribution in [0, 0.1) is 0 Å². The number of likely N-dealkylation sites (N-methyl/N-ethyl adjacent to an activating group) is 1. The zero-order chi connectivity index (χ0) is 20.3. The van der Waals surface area contributed by atoms with Gasteiger partial charge in [-0.15, -0.1) is 0 Å². The number of benzene rings is 2. The predicted octanol–water partition coefficient (Wildman–Crippen LogP) is 0.991. The molecule has 1 atom stereocenters. The molecule has 8 nitrogen and oxygen atoms in total. The van der Waals surface area contributed by atoms with Gasteiger partial charge in [0.15, 0.2) is 11.2 Å². The van der Waals surface area contributed by atoms with Crippen LogP contribution in [-0.4, -0.2) is 31.5 Å². The number of carbonyl (C=O) groups excluding carboxylic acids is 2. The molecule has 0 aliphatic carbocycles. The van der Waals surface area contributed by atoms with Crippen LogP contribution in [-0.2, 0) is 20.4 Å². The Bertz CT molecular complexity index is 1330. The molecular formula is C19H14N2O6S. The summed E-state index contributed by atoms with van der Waals surface area (Å²) in [4.78, 5) is 38.8. The number of carbonyl (C=O) groups is 2. The first-order valence-corrected chi connectivity index (χ1v) is 9.62. The Balaban J connectivity index is 2.16. The van der Waals surface area contributed by atoms with E-state index in [9.17, 15) is 22.8 Å². The van der Waals surface area contributed by atoms with Gasteiger partial charge < -0.3 is 10.2 Å². The maximum atomic E-state index is 13.4. The van der Waals surface area contributed by atoms with Crippen LogP contribution >= 0.6 is 0 Å². The van der Waals surface area contributed by atoms with Gasteiger partial charge in [-0.2, -0.15) is 4.31 Å². The minimum Gasteiger partial charge on any atom is -0.464 e. The molecule has 1 amide bonds. The number of sulfonamides is 1. The summed E-state index contributed by atoms with van der Waals surface area (Å²) in [5.41, 5.74) is 1.85. The van der Waals surface area contributed by atoms with E-state index < -0.39 is 38.2 Å². The summed E-state index contributed by atoms with van der Waals surface area (Å²) >= 11 is 0. The number of ketones is 1. The van der Waals surface area contributed by atoms with E-state index in [2.05, 4.69) is 0 Å². The van der Waals surface area contributed by atoms with E-state index in [0.29, 0.717) is 4.31 Å². The van der Waals surface area contributed by atoms with E-state index in [1.165, 1.54) is 36.4 Å². The van der Waals surface area contributed by atoms with Gasteiger partial charge in [0, 0.05) is 12.6 Å². The summed E-state index contributed by atoms with van der Waals surface area (Å²) in [5.74, 6) is -2.20. The highest BCUT2D eigenvalue weighted by Crippen LogP contribution is 2.40. The molecule has 0 spiro atoms. The lowest BCUT2D eigenvalue weighted by Gasteiger charge is -2.40. The summed E-state index contributed by atoms with van der Waals surface area (Å²) in [6.45, 7) is 0. The third kappa shape index (κ3) is 2.08. The van der Waals surface area contributed by atoms with Crippen molar-refractivity contribution in [2.24, 2.45) is 5.73 Å². The third-order valence-electron chi connectivity index (χ3n) is 5.00. The quantitative estimate of drug-likeness (QED) is 0.641. The van der Waals surface area contributed by atoms with Crippen LogP contribution in [0.4, 0.5) is 0 Å². The molecule has 142 valence electrons. The Labute approximate surface area is 159 Å². The lowest BCUT2D eigenvalue weighted by atomic mass is 9.82. The number of nitrogens with zero attached hydrogens (tertiary/aromatic N) is 1. The van der Waals surface area contributed by atoms with Gasteiger partial charge in [0.2, 0.25) is 15.6 Å². The van der Waals surface area contributed by atoms with Crippen molar-refractivity contribution in [3.8, 4) is 0 Å². The highest BCUT2D eigenvalue weighted by molar-refractivity contribution is 7.89. The van der Waals surface area contributed by atoms with Gasteiger partial charge >= 0.3 is 0 Å². The van der Waals surface area contributed by atoms with Crippen LogP contribution < -0.4 is 11.2 Å². The molecule has 2 heterocycles. The third-order valence-corrected chi connectivity index (χ3v) is 6.90. The molecule has 4 rings (SSSR count). The molecule has 9 heteroatoms. The summed E-state index contributed by atoms with van der Waals surface area (Å²) in [5, 5.41) is 0.0954. The van der Waals surface area contributed by atoms with Gasteiger partial charge in [0.1, 0.15) is 11.8 Å². The minimum absolute atomic E-state index is 0.0954. The monoisotopic (exact) mass is 398 g/mol. The maximum Gasteiger partial charge on any atom is 0.252 e. The summed E-state index contributed by atoms with van der Waals surface area (Å²) in [6.07, 6.45) is 0.924. The largest absolute Gasteiger partial charge is 0.464 e. The van der Waals surface area contributed by atoms with Crippen LogP contribution in [0.15, 0.2) is 68.9 Å². The first-order valence-electron chi connectivity index (χ1n) is 8.18. The topological polar surface area (TPSA) is 128 Å². The van der Waals surface area contributed by atoms with Gasteiger partial charge in [0.25, 0.3) is 5.91 Å². The molecule has 2 N–H and O–H groups in total. The van der Waals surface area contributed by atoms with E-state index in [4.69, 9.17) is 10.2 Å². The smallest absolute Gasteiger partial charge is 0.252 e. The molecule has 3 aromatic rings. The average molecular weight is 398 g/mol. The molecule has 0 radical (unpaired) electrons. The molecule has 0 saturated heterocycles. The zero-order valence-corrected chi connectivity index (χ0v) is 15.4. The van der Waals surface area contributed by atoms with Crippen molar-refractivity contribution in [2.45, 2.75) is 10.4 Å². The van der Waals surface area contributed by atoms with E-state index in [-0.39, 0.29) is 21.4 Å². The predicted molar refractivity (Wildman–Crippen MR) is 99.1 cm³/mol. The number of amides is 1. The van der Waals surface area contributed by atoms with Crippen molar-refractivity contribution in [1.82, 2.24) is 4.31 Å². The van der Waals surface area contributed by atoms with Crippen LogP contribution in [0.25, 0.3) is 11.0 Å². The zero-order valence-electron chi connectivity index (χ0n) is 14.6. The van der Waals surface area contributed by atoms with Crippen molar-refractivity contribution in [2.75, 3.05) is 7.05 Å². The molecule has 0 saturated carbocycles. The second-order valence-corrected chi connectivity index (χ2v) is 8.28. The fourth-order valence-corrected chi connectivity index (χ4v) is 5.18. The lowest BCUT2D eigenvalue weighted by molar-refractivity contribution is -0.125. The van der Waals surface area contributed by atoms with Crippen molar-refractivity contribution < 1.29 is 22.4 Å². The van der Waals surface area contributed by atoms with E-state index in [1.54, 1.807) is 12.1 Å². The van der Waals surface area contributed by atoms with Crippen molar-refractivity contribution in [3.05, 3.63) is 76.1 Å². The number of rotatable bonds is 2. The van der Waals surface area contributed by atoms with Gasteiger partial charge in [0.05, 0.1) is 15.8 Å². The number of primary amides is 1. The summed E-state index contributed by atoms with van der Waals surface area (Å²) in [7, 11) is -3.25. The molecular weight excluding hydrogens is 384 g/mol. The second kappa shape index (κ2) is 5.85. The van der Waals surface area contributed by atoms with Crippen LogP contribution in [0.3, 0.4) is 0 Å². The minimum atomic E-state index is -4.29. The normalized spacial score (nSPS) is 21.4. The number of hydrogen-bond acceptors (Lipinski definition) is 6. The van der Waals surface area contributed by atoms with Crippen LogP contribution in [0.1, 0.15) is 15.9 Å². The number of hydrogen-bond donors (Lipinski definition) is 1. The second-order valence-electron chi connectivity index (χ2n) is 6.35. The maximum absolute atomic E-state index is 13.4. The van der Waals surface area contributed by atoms with Crippen molar-refractivity contribution in [1.29, 1.82) is 0 Å². The van der Waals surface area contributed by atoms with Crippen LogP contribution in [0.2, 0.25) is 0 Å². The molecule has 1 aliphatic rings. The SMILES string of the molecule is CN1C(C(N)=O)(c2coc3ccccc3c2=O)C(=O)c2ccccc2S1(=O)=O. The van der Waals surface area contributed by atoms with Gasteiger partial charge in [-0.1, -0.05) is 24.3 Å². The number of para-hydroxylation sites is 1. The van der Waals surface area contributed by atoms with Crippen molar-refractivity contribution in [3.63, 3.8) is 0 Å². The molecule has 2 aromatic carbocycles. The van der Waals surface area contributed by atoms with E-state index in [0.717, 1.165) is 13.3 Å². The molecule has 0 bridgehead atoms. The summed E-state index contributed by atoms with van der Waals surface area (Å²) in [6, 6.07) is 11.7. The Morgan fingerprint density at radius 2 is 1.71 bits per heavy atom. The Hall–Kier alpha value is -3.30. The molecule has 1 unspecified atom stereocenters. The number of fused-ring (bicyclic) bond motifs is 2. The fraction of sp³-hybridized carbons (Fsp3) is 0.105. The first kappa shape index (κ1) is 18.1. The Kier molecular flexibility index (Phi) is 3.78. The summed E-state index contributed by atoms with van der Waals surface area (Å²) < 4.78 is 32.1. The average Bonchev–Trinajstić information content (AvgIpc) is 2.68. The molecule has 1 aliphatic heterocycles. The fourth-order valence-electron chi connectivity index (χ4n) is 3.56. The Morgan fingerprint density at radius 3 is 2.43 bits per heavy atom. The first-order chi connectivity index (χ1) is 13.2. The molecule has 1 aromatic heterocycles. The lowest BCUT2D eigenvalue weighted by Crippen LogP contribution is -2.64. The van der Waals surface area contributed by atoms with Crippen molar-refractivity contribution >= 4 is 32.7 Å². The highest BCUT2D eigenvalue weighted by Gasteiger charge is 2.60. The van der Waals surface area contributed by atoms with E-state index >= 15 is 0 Å². The van der Waals surface area contributed by atoms with Crippen LogP contribution in [0.5, 0.6) is 0 Å². The Morgan fingerprint density at radius 1 is 1.07 bits per heavy atom. The number of nitrogens with two attached hydrogens (primary N) is 1. The van der Waals surface area contributed by atoms with Gasteiger partial charge in [-0.25, -0.2) is 8.42 Å².